The van der Waals surface area contributed by atoms with Crippen molar-refractivity contribution < 1.29 is 29.9 Å². The molecule has 0 fully saturated rings. The minimum atomic E-state index is -3.58. The van der Waals surface area contributed by atoms with Gasteiger partial charge in [-0.05, 0) is 70.1 Å². The summed E-state index contributed by atoms with van der Waals surface area (Å²) < 4.78 is 30.5. The van der Waals surface area contributed by atoms with E-state index >= 15 is 0 Å². The molecule has 0 heterocycles. The molecule has 0 saturated carbocycles. The summed E-state index contributed by atoms with van der Waals surface area (Å²) in [7, 11) is 5.23. The van der Waals surface area contributed by atoms with E-state index in [-0.39, 0.29) is 17.0 Å². The molecular formula is C26H41Br2N3O2S. The van der Waals surface area contributed by atoms with Crippen molar-refractivity contribution in [3.05, 3.63) is 63.6 Å². The van der Waals surface area contributed by atoms with Crippen LogP contribution in [-0.4, -0.2) is 76.5 Å². The predicted octanol–water partition coefficient (Wildman–Crippen LogP) is 2.07. The smallest absolute Gasteiger partial charge is 0.243 e. The summed E-state index contributed by atoms with van der Waals surface area (Å²) in [5.74, 6) is 0. The van der Waals surface area contributed by atoms with Crippen LogP contribution < -0.4 is 17.0 Å². The number of hydrogen-bond donors (Lipinski definition) is 0. The molecule has 0 amide bonds. The van der Waals surface area contributed by atoms with E-state index in [0.717, 1.165) is 64.5 Å². The summed E-state index contributed by atoms with van der Waals surface area (Å²) in [6, 6.07) is 13.2. The number of benzene rings is 2. The molecule has 5 nitrogen and oxygen atoms in total. The highest BCUT2D eigenvalue weighted by Crippen LogP contribution is 2.22. The van der Waals surface area contributed by atoms with Gasteiger partial charge in [-0.2, -0.15) is 4.31 Å². The van der Waals surface area contributed by atoms with Crippen molar-refractivity contribution in [2.24, 2.45) is 0 Å². The SMILES string of the molecule is Cc1cc(C)cc(CN(CCCCN(C)CCC[N+](C)(C)C)S(=O)(=O)c2ccc(Br)cc2)c1.[Br-]. The average Bonchev–Trinajstić information content (AvgIpc) is 2.69. The number of rotatable bonds is 13. The Morgan fingerprint density at radius 2 is 1.38 bits per heavy atom. The van der Waals surface area contributed by atoms with Crippen LogP contribution in [0.3, 0.4) is 0 Å². The van der Waals surface area contributed by atoms with Crippen LogP contribution in [0.15, 0.2) is 51.8 Å². The Morgan fingerprint density at radius 3 is 1.94 bits per heavy atom. The van der Waals surface area contributed by atoms with Crippen LogP contribution in [0.1, 0.15) is 36.0 Å². The monoisotopic (exact) mass is 617 g/mol. The molecule has 0 radical (unpaired) electrons. The Hall–Kier alpha value is -0.770. The van der Waals surface area contributed by atoms with Crippen molar-refractivity contribution in [3.63, 3.8) is 0 Å². The molecule has 0 aliphatic carbocycles. The van der Waals surface area contributed by atoms with Crippen molar-refractivity contribution in [2.45, 2.75) is 44.6 Å². The van der Waals surface area contributed by atoms with E-state index in [0.29, 0.717) is 18.0 Å². The summed E-state index contributed by atoms with van der Waals surface area (Å²) in [6.45, 7) is 8.21. The lowest BCUT2D eigenvalue weighted by Gasteiger charge is -2.26. The van der Waals surface area contributed by atoms with Crippen molar-refractivity contribution in [1.29, 1.82) is 0 Å². The van der Waals surface area contributed by atoms with Gasteiger partial charge < -0.3 is 26.4 Å². The molecule has 0 unspecified atom stereocenters. The highest BCUT2D eigenvalue weighted by molar-refractivity contribution is 9.10. The molecule has 192 valence electrons. The lowest BCUT2D eigenvalue weighted by atomic mass is 10.1. The Bertz CT molecular complexity index is 970. The van der Waals surface area contributed by atoms with Gasteiger partial charge in [0, 0.05) is 30.5 Å². The second-order valence-electron chi connectivity index (χ2n) is 10.2. The van der Waals surface area contributed by atoms with E-state index in [1.54, 1.807) is 28.6 Å². The lowest BCUT2D eigenvalue weighted by molar-refractivity contribution is -0.870. The zero-order valence-electron chi connectivity index (χ0n) is 21.5. The molecule has 0 bridgehead atoms. The third-order valence-electron chi connectivity index (χ3n) is 5.66. The molecule has 0 saturated heterocycles. The fourth-order valence-electron chi connectivity index (χ4n) is 4.00. The summed E-state index contributed by atoms with van der Waals surface area (Å²) >= 11 is 3.40. The third-order valence-corrected chi connectivity index (χ3v) is 8.05. The number of unbranched alkanes of at least 4 members (excludes halogenated alkanes) is 1. The number of halogens is 2. The van der Waals surface area contributed by atoms with E-state index < -0.39 is 10.0 Å². The molecule has 8 heteroatoms. The van der Waals surface area contributed by atoms with Gasteiger partial charge in [0.05, 0.1) is 32.6 Å². The lowest BCUT2D eigenvalue weighted by Crippen LogP contribution is -3.00. The van der Waals surface area contributed by atoms with Gasteiger partial charge in [-0.1, -0.05) is 45.3 Å². The highest BCUT2D eigenvalue weighted by Gasteiger charge is 2.24. The Labute approximate surface area is 226 Å². The summed E-state index contributed by atoms with van der Waals surface area (Å²) in [5, 5.41) is 0. The Kier molecular flexibility index (Phi) is 13.0. The van der Waals surface area contributed by atoms with E-state index in [1.165, 1.54) is 0 Å². The maximum Gasteiger partial charge on any atom is 0.243 e. The quantitative estimate of drug-likeness (QED) is 0.255. The minimum absolute atomic E-state index is 0. The fourth-order valence-corrected chi connectivity index (χ4v) is 5.73. The normalized spacial score (nSPS) is 12.3. The number of sulfonamides is 1. The second-order valence-corrected chi connectivity index (χ2v) is 13.0. The Morgan fingerprint density at radius 1 is 0.853 bits per heavy atom. The standard InChI is InChI=1S/C26H41BrN3O2S.BrH/c1-22-18-23(2)20-24(19-22)21-29(33(31,32)26-12-10-25(27)11-13-26)16-8-7-14-28(3)15-9-17-30(4,5)6;/h10-13,18-20H,7-9,14-17,21H2,1-6H3;1H/q+1;/p-1. The van der Waals surface area contributed by atoms with Crippen LogP contribution in [0.25, 0.3) is 0 Å². The van der Waals surface area contributed by atoms with Gasteiger partial charge in [0.1, 0.15) is 0 Å². The topological polar surface area (TPSA) is 40.6 Å². The number of nitrogens with zero attached hydrogens (tertiary/aromatic N) is 3. The minimum Gasteiger partial charge on any atom is -1.00 e. The van der Waals surface area contributed by atoms with Crippen LogP contribution in [0, 0.1) is 13.8 Å². The van der Waals surface area contributed by atoms with E-state index in [4.69, 9.17) is 0 Å². The van der Waals surface area contributed by atoms with Gasteiger partial charge in [0.15, 0.2) is 0 Å². The molecule has 0 atom stereocenters. The first-order valence-corrected chi connectivity index (χ1v) is 13.9. The van der Waals surface area contributed by atoms with Gasteiger partial charge in [-0.25, -0.2) is 8.42 Å². The molecular weight excluding hydrogens is 578 g/mol. The van der Waals surface area contributed by atoms with E-state index in [1.807, 2.05) is 0 Å². The first kappa shape index (κ1) is 31.3. The second kappa shape index (κ2) is 14.1. The van der Waals surface area contributed by atoms with Crippen molar-refractivity contribution in [1.82, 2.24) is 9.21 Å². The van der Waals surface area contributed by atoms with Gasteiger partial charge in [0.25, 0.3) is 0 Å². The van der Waals surface area contributed by atoms with Crippen molar-refractivity contribution >= 4 is 26.0 Å². The molecule has 34 heavy (non-hydrogen) atoms. The first-order valence-electron chi connectivity index (χ1n) is 11.7. The van der Waals surface area contributed by atoms with Crippen molar-refractivity contribution in [3.8, 4) is 0 Å². The molecule has 0 aliphatic rings. The Balaban J connectivity index is 0.00000578. The van der Waals surface area contributed by atoms with Gasteiger partial charge in [-0.3, -0.25) is 0 Å². The van der Waals surface area contributed by atoms with Crippen LogP contribution in [0.2, 0.25) is 0 Å². The molecule has 0 spiro atoms. The largest absolute Gasteiger partial charge is 1.00 e. The maximum atomic E-state index is 13.5. The summed E-state index contributed by atoms with van der Waals surface area (Å²) in [4.78, 5) is 2.69. The third kappa shape index (κ3) is 10.9. The number of quaternary nitrogens is 1. The van der Waals surface area contributed by atoms with Crippen LogP contribution >= 0.6 is 15.9 Å². The van der Waals surface area contributed by atoms with Crippen LogP contribution in [-0.2, 0) is 16.6 Å². The molecule has 2 rings (SSSR count). The molecule has 2 aromatic carbocycles. The molecule has 0 aliphatic heterocycles. The zero-order valence-corrected chi connectivity index (χ0v) is 25.5. The maximum absolute atomic E-state index is 13.5. The van der Waals surface area contributed by atoms with Crippen LogP contribution in [0.5, 0.6) is 0 Å². The first-order chi connectivity index (χ1) is 15.4. The van der Waals surface area contributed by atoms with Gasteiger partial charge in [-0.15, -0.1) is 0 Å². The zero-order chi connectivity index (χ0) is 24.6. The summed E-state index contributed by atoms with van der Waals surface area (Å²) in [6.07, 6.45) is 2.97. The fraction of sp³-hybridized carbons (Fsp3) is 0.538. The molecule has 0 N–H and O–H groups in total. The van der Waals surface area contributed by atoms with Crippen LogP contribution in [0.4, 0.5) is 0 Å². The van der Waals surface area contributed by atoms with Gasteiger partial charge >= 0.3 is 0 Å². The highest BCUT2D eigenvalue weighted by atomic mass is 79.9. The number of hydrogen-bond acceptors (Lipinski definition) is 3. The predicted molar refractivity (Wildman–Crippen MR) is 142 cm³/mol. The molecule has 2 aromatic rings. The molecule has 0 aromatic heterocycles. The number of aryl methyl sites for hydroxylation is 2. The van der Waals surface area contributed by atoms with Gasteiger partial charge in [0.2, 0.25) is 10.0 Å². The average molecular weight is 620 g/mol. The van der Waals surface area contributed by atoms with E-state index in [2.05, 4.69) is 81.1 Å². The summed E-state index contributed by atoms with van der Waals surface area (Å²) in [5.41, 5.74) is 3.34. The van der Waals surface area contributed by atoms with E-state index in [9.17, 15) is 8.42 Å². The van der Waals surface area contributed by atoms with Crippen molar-refractivity contribution in [2.75, 3.05) is 54.4 Å².